The van der Waals surface area contributed by atoms with Gasteiger partial charge in [-0.05, 0) is 13.0 Å². The van der Waals surface area contributed by atoms with E-state index in [9.17, 15) is 18.5 Å². The number of nitro groups is 1. The van der Waals surface area contributed by atoms with Crippen LogP contribution in [0.4, 0.5) is 11.4 Å². The van der Waals surface area contributed by atoms with Crippen molar-refractivity contribution < 1.29 is 18.1 Å². The zero-order valence-corrected chi connectivity index (χ0v) is 12.1. The van der Waals surface area contributed by atoms with Crippen LogP contribution in [0.5, 0.6) is 5.75 Å². The second-order valence-corrected chi connectivity index (χ2v) is 5.80. The summed E-state index contributed by atoms with van der Waals surface area (Å²) in [5.41, 5.74) is 0.515. The maximum absolute atomic E-state index is 10.9. The summed E-state index contributed by atoms with van der Waals surface area (Å²) in [5.74, 6) is 0.179. The third-order valence-corrected chi connectivity index (χ3v) is 3.00. The Bertz CT molecular complexity index is 573. The van der Waals surface area contributed by atoms with Crippen molar-refractivity contribution in [2.24, 2.45) is 0 Å². The largest absolute Gasteiger partial charge is 0.487 e. The predicted molar refractivity (Wildman–Crippen MR) is 75.6 cm³/mol. The molecule has 0 fully saturated rings. The van der Waals surface area contributed by atoms with Gasteiger partial charge in [-0.2, -0.15) is 0 Å². The molecule has 0 aliphatic rings. The van der Waals surface area contributed by atoms with Gasteiger partial charge in [0.05, 0.1) is 17.8 Å². The van der Waals surface area contributed by atoms with E-state index in [2.05, 4.69) is 10.0 Å². The molecule has 0 spiro atoms. The fourth-order valence-corrected chi connectivity index (χ4v) is 1.96. The van der Waals surface area contributed by atoms with Gasteiger partial charge < -0.3 is 10.1 Å². The van der Waals surface area contributed by atoms with E-state index in [1.807, 2.05) is 0 Å². The minimum atomic E-state index is -3.22. The molecule has 0 aliphatic carbocycles. The van der Waals surface area contributed by atoms with Gasteiger partial charge in [-0.3, -0.25) is 10.1 Å². The van der Waals surface area contributed by atoms with Crippen molar-refractivity contribution in [1.82, 2.24) is 4.72 Å². The smallest absolute Gasteiger partial charge is 0.311 e. The fraction of sp³-hybridized carbons (Fsp3) is 0.455. The van der Waals surface area contributed by atoms with Crippen LogP contribution in [-0.2, 0) is 10.0 Å². The minimum Gasteiger partial charge on any atom is -0.487 e. The molecule has 1 rings (SSSR count). The standard InChI is InChI=1S/C11H17N3O5S/c1-3-19-11-8-9(4-5-10(11)14(15)16)12-6-7-13-20(2,17)18/h4-5,8,12-13H,3,6-7H2,1-2H3. The van der Waals surface area contributed by atoms with Gasteiger partial charge in [-0.25, -0.2) is 13.1 Å². The minimum absolute atomic E-state index is 0.105. The van der Waals surface area contributed by atoms with Crippen LogP contribution in [0, 0.1) is 10.1 Å². The van der Waals surface area contributed by atoms with Gasteiger partial charge >= 0.3 is 5.69 Å². The molecule has 0 amide bonds. The molecule has 0 aliphatic heterocycles. The first-order chi connectivity index (χ1) is 9.33. The first-order valence-electron chi connectivity index (χ1n) is 5.93. The molecule has 2 N–H and O–H groups in total. The fourth-order valence-electron chi connectivity index (χ4n) is 1.49. The van der Waals surface area contributed by atoms with Gasteiger partial charge in [-0.15, -0.1) is 0 Å². The molecule has 112 valence electrons. The molecular formula is C11H17N3O5S. The lowest BCUT2D eigenvalue weighted by Gasteiger charge is -2.09. The average molecular weight is 303 g/mol. The Morgan fingerprint density at radius 2 is 2.05 bits per heavy atom. The van der Waals surface area contributed by atoms with Crippen molar-refractivity contribution in [2.75, 3.05) is 31.3 Å². The van der Waals surface area contributed by atoms with Crippen LogP contribution in [0.1, 0.15) is 6.92 Å². The molecule has 9 heteroatoms. The molecular weight excluding hydrogens is 286 g/mol. The molecule has 8 nitrogen and oxygen atoms in total. The predicted octanol–water partition coefficient (Wildman–Crippen LogP) is 0.955. The van der Waals surface area contributed by atoms with E-state index in [4.69, 9.17) is 4.74 Å². The molecule has 1 aromatic rings. The van der Waals surface area contributed by atoms with Crippen LogP contribution >= 0.6 is 0 Å². The van der Waals surface area contributed by atoms with Crippen molar-refractivity contribution in [1.29, 1.82) is 0 Å². The summed E-state index contributed by atoms with van der Waals surface area (Å²) < 4.78 is 29.3. The van der Waals surface area contributed by atoms with Crippen LogP contribution in [0.2, 0.25) is 0 Å². The zero-order chi connectivity index (χ0) is 15.2. The zero-order valence-electron chi connectivity index (χ0n) is 11.3. The molecule has 0 aromatic heterocycles. The van der Waals surface area contributed by atoms with Gasteiger partial charge in [-0.1, -0.05) is 0 Å². The number of benzene rings is 1. The number of rotatable bonds is 8. The van der Waals surface area contributed by atoms with E-state index in [1.165, 1.54) is 12.1 Å². The summed E-state index contributed by atoms with van der Waals surface area (Å²) >= 11 is 0. The lowest BCUT2D eigenvalue weighted by Crippen LogP contribution is -2.27. The van der Waals surface area contributed by atoms with Crippen LogP contribution < -0.4 is 14.8 Å². The average Bonchev–Trinajstić information content (AvgIpc) is 2.34. The highest BCUT2D eigenvalue weighted by molar-refractivity contribution is 7.88. The topological polar surface area (TPSA) is 111 Å². The molecule has 0 saturated carbocycles. The normalized spacial score (nSPS) is 11.1. The molecule has 20 heavy (non-hydrogen) atoms. The number of anilines is 1. The van der Waals surface area contributed by atoms with Gasteiger partial charge in [0, 0.05) is 30.9 Å². The Hall–Kier alpha value is -1.87. The Labute approximate surface area is 117 Å². The molecule has 1 aromatic carbocycles. The molecule has 0 atom stereocenters. The molecule has 0 saturated heterocycles. The monoisotopic (exact) mass is 303 g/mol. The van der Waals surface area contributed by atoms with E-state index in [-0.39, 0.29) is 18.0 Å². The van der Waals surface area contributed by atoms with Crippen molar-refractivity contribution in [3.63, 3.8) is 0 Å². The van der Waals surface area contributed by atoms with Crippen molar-refractivity contribution in [3.8, 4) is 5.75 Å². The van der Waals surface area contributed by atoms with E-state index in [0.29, 0.717) is 18.8 Å². The Morgan fingerprint density at radius 1 is 1.35 bits per heavy atom. The lowest BCUT2D eigenvalue weighted by molar-refractivity contribution is -0.385. The number of ether oxygens (including phenoxy) is 1. The maximum Gasteiger partial charge on any atom is 0.311 e. The molecule has 0 unspecified atom stereocenters. The number of nitro benzene ring substituents is 1. The highest BCUT2D eigenvalue weighted by Crippen LogP contribution is 2.29. The molecule has 0 radical (unpaired) electrons. The summed E-state index contributed by atoms with van der Waals surface area (Å²) in [6.45, 7) is 2.63. The summed E-state index contributed by atoms with van der Waals surface area (Å²) in [6, 6.07) is 4.40. The number of hydrogen-bond donors (Lipinski definition) is 2. The second kappa shape index (κ2) is 7.06. The van der Waals surface area contributed by atoms with Gasteiger partial charge in [0.1, 0.15) is 0 Å². The van der Waals surface area contributed by atoms with Crippen molar-refractivity contribution in [3.05, 3.63) is 28.3 Å². The summed E-state index contributed by atoms with van der Waals surface area (Å²) in [5, 5.41) is 13.8. The maximum atomic E-state index is 10.9. The van der Waals surface area contributed by atoms with Crippen molar-refractivity contribution in [2.45, 2.75) is 6.92 Å². The molecule has 0 bridgehead atoms. The third kappa shape index (κ3) is 5.41. The van der Waals surface area contributed by atoms with E-state index in [1.54, 1.807) is 13.0 Å². The number of hydrogen-bond acceptors (Lipinski definition) is 6. The SMILES string of the molecule is CCOc1cc(NCCNS(C)(=O)=O)ccc1[N+](=O)[O-]. The van der Waals surface area contributed by atoms with E-state index < -0.39 is 14.9 Å². The first-order valence-corrected chi connectivity index (χ1v) is 7.82. The van der Waals surface area contributed by atoms with E-state index in [0.717, 1.165) is 6.26 Å². The number of sulfonamides is 1. The third-order valence-electron chi connectivity index (χ3n) is 2.27. The summed E-state index contributed by atoms with van der Waals surface area (Å²) in [6.07, 6.45) is 1.08. The van der Waals surface area contributed by atoms with Gasteiger partial charge in [0.2, 0.25) is 10.0 Å². The van der Waals surface area contributed by atoms with Crippen LogP contribution in [0.3, 0.4) is 0 Å². The van der Waals surface area contributed by atoms with Gasteiger partial charge in [0.25, 0.3) is 0 Å². The Balaban J connectivity index is 2.67. The summed E-state index contributed by atoms with van der Waals surface area (Å²) in [4.78, 5) is 10.3. The van der Waals surface area contributed by atoms with Crippen LogP contribution in [-0.4, -0.2) is 39.3 Å². The highest BCUT2D eigenvalue weighted by atomic mass is 32.2. The van der Waals surface area contributed by atoms with Crippen LogP contribution in [0.25, 0.3) is 0 Å². The first kappa shape index (κ1) is 16.2. The second-order valence-electron chi connectivity index (χ2n) is 3.97. The number of nitrogens with one attached hydrogen (secondary N) is 2. The Morgan fingerprint density at radius 3 is 2.60 bits per heavy atom. The van der Waals surface area contributed by atoms with E-state index >= 15 is 0 Å². The number of nitrogens with zero attached hydrogens (tertiary/aromatic N) is 1. The summed E-state index contributed by atoms with van der Waals surface area (Å²) in [7, 11) is -3.22. The highest BCUT2D eigenvalue weighted by Gasteiger charge is 2.15. The van der Waals surface area contributed by atoms with Crippen LogP contribution in [0.15, 0.2) is 18.2 Å². The van der Waals surface area contributed by atoms with Gasteiger partial charge in [0.15, 0.2) is 5.75 Å². The lowest BCUT2D eigenvalue weighted by atomic mass is 10.2. The Kier molecular flexibility index (Phi) is 5.71. The molecule has 0 heterocycles. The van der Waals surface area contributed by atoms with Crippen molar-refractivity contribution >= 4 is 21.4 Å². The quantitative estimate of drug-likeness (QED) is 0.420.